The number of carbonyl (C=O) groups is 1. The number of rotatable bonds is 5. The first-order valence-electron chi connectivity index (χ1n) is 8.63. The standard InChI is InChI=1S/C20H25N3O/c1-14(2)16-10-11-17(22-13-16)19(15-7-4-3-5-8-15)23-12-6-9-18(23)20(21)24/h3-5,7-8,10-11,13-14,18-19H,6,9,12H2,1-2H3,(H2,21,24)/t18?,19-/m0/s1. The highest BCUT2D eigenvalue weighted by molar-refractivity contribution is 5.80. The Morgan fingerprint density at radius 1 is 1.17 bits per heavy atom. The fraction of sp³-hybridized carbons (Fsp3) is 0.400. The summed E-state index contributed by atoms with van der Waals surface area (Å²) in [4.78, 5) is 18.8. The highest BCUT2D eigenvalue weighted by Gasteiger charge is 2.36. The van der Waals surface area contributed by atoms with Crippen molar-refractivity contribution in [1.82, 2.24) is 9.88 Å². The third-order valence-electron chi connectivity index (χ3n) is 4.83. The van der Waals surface area contributed by atoms with Gasteiger partial charge in [-0.1, -0.05) is 50.2 Å². The zero-order chi connectivity index (χ0) is 17.1. The van der Waals surface area contributed by atoms with Crippen LogP contribution in [-0.2, 0) is 4.79 Å². The lowest BCUT2D eigenvalue weighted by Gasteiger charge is -2.31. The first-order chi connectivity index (χ1) is 11.6. The molecule has 2 aromatic rings. The number of hydrogen-bond donors (Lipinski definition) is 1. The van der Waals surface area contributed by atoms with Crippen molar-refractivity contribution in [2.45, 2.75) is 44.7 Å². The average molecular weight is 323 g/mol. The van der Waals surface area contributed by atoms with Crippen LogP contribution in [0.3, 0.4) is 0 Å². The van der Waals surface area contributed by atoms with Gasteiger partial charge in [0.15, 0.2) is 0 Å². The van der Waals surface area contributed by atoms with Gasteiger partial charge in [-0.15, -0.1) is 0 Å². The van der Waals surface area contributed by atoms with Crippen molar-refractivity contribution in [2.75, 3.05) is 6.54 Å². The summed E-state index contributed by atoms with van der Waals surface area (Å²) in [5, 5.41) is 0. The topological polar surface area (TPSA) is 59.2 Å². The maximum Gasteiger partial charge on any atom is 0.234 e. The highest BCUT2D eigenvalue weighted by Crippen LogP contribution is 2.34. The lowest BCUT2D eigenvalue weighted by Crippen LogP contribution is -2.42. The third kappa shape index (κ3) is 3.34. The second-order valence-corrected chi connectivity index (χ2v) is 6.78. The van der Waals surface area contributed by atoms with Crippen molar-refractivity contribution >= 4 is 5.91 Å². The molecule has 2 atom stereocenters. The molecule has 0 spiro atoms. The molecule has 0 radical (unpaired) electrons. The number of carbonyl (C=O) groups excluding carboxylic acids is 1. The lowest BCUT2D eigenvalue weighted by atomic mass is 9.98. The van der Waals surface area contributed by atoms with Gasteiger partial charge in [-0.3, -0.25) is 14.7 Å². The van der Waals surface area contributed by atoms with E-state index in [4.69, 9.17) is 10.7 Å². The van der Waals surface area contributed by atoms with Crippen molar-refractivity contribution in [1.29, 1.82) is 0 Å². The van der Waals surface area contributed by atoms with Crippen LogP contribution in [0.4, 0.5) is 0 Å². The summed E-state index contributed by atoms with van der Waals surface area (Å²) in [6.45, 7) is 5.19. The van der Waals surface area contributed by atoms with Crippen LogP contribution in [0, 0.1) is 0 Å². The second kappa shape index (κ2) is 7.14. The van der Waals surface area contributed by atoms with E-state index in [9.17, 15) is 4.79 Å². The number of benzene rings is 1. The Balaban J connectivity index is 2.01. The lowest BCUT2D eigenvalue weighted by molar-refractivity contribution is -0.122. The Morgan fingerprint density at radius 3 is 2.50 bits per heavy atom. The normalized spacial score (nSPS) is 19.5. The second-order valence-electron chi connectivity index (χ2n) is 6.78. The SMILES string of the molecule is CC(C)c1ccc([C@H](c2ccccc2)N2CCCC2C(N)=O)nc1. The molecule has 1 aliphatic heterocycles. The first kappa shape index (κ1) is 16.7. The fourth-order valence-corrected chi connectivity index (χ4v) is 3.49. The molecule has 1 unspecified atom stereocenters. The van der Waals surface area contributed by atoms with E-state index in [2.05, 4.69) is 43.0 Å². The van der Waals surface area contributed by atoms with Crippen molar-refractivity contribution < 1.29 is 4.79 Å². The number of nitrogens with two attached hydrogens (primary N) is 1. The molecule has 2 N–H and O–H groups in total. The minimum atomic E-state index is -0.243. The largest absolute Gasteiger partial charge is 0.368 e. The summed E-state index contributed by atoms with van der Waals surface area (Å²) in [6, 6.07) is 14.2. The maximum absolute atomic E-state index is 11.9. The molecular weight excluding hydrogens is 298 g/mol. The van der Waals surface area contributed by atoms with Crippen molar-refractivity contribution in [3.63, 3.8) is 0 Å². The zero-order valence-corrected chi connectivity index (χ0v) is 14.4. The van der Waals surface area contributed by atoms with Crippen LogP contribution in [0.1, 0.15) is 55.5 Å². The van der Waals surface area contributed by atoms with E-state index in [-0.39, 0.29) is 18.0 Å². The average Bonchev–Trinajstić information content (AvgIpc) is 3.06. The Bertz CT molecular complexity index is 682. The minimum absolute atomic E-state index is 0.0348. The molecule has 126 valence electrons. The quantitative estimate of drug-likeness (QED) is 0.919. The Labute approximate surface area is 143 Å². The number of aromatic nitrogens is 1. The molecule has 2 heterocycles. The van der Waals surface area contributed by atoms with Gasteiger partial charge in [-0.2, -0.15) is 0 Å². The number of pyridine rings is 1. The molecule has 3 rings (SSSR count). The third-order valence-corrected chi connectivity index (χ3v) is 4.83. The molecule has 0 bridgehead atoms. The van der Waals surface area contributed by atoms with Crippen LogP contribution < -0.4 is 5.73 Å². The number of primary amides is 1. The fourth-order valence-electron chi connectivity index (χ4n) is 3.49. The van der Waals surface area contributed by atoms with Gasteiger partial charge in [0.05, 0.1) is 17.8 Å². The molecule has 1 saturated heterocycles. The van der Waals surface area contributed by atoms with Gasteiger partial charge in [0.2, 0.25) is 5.91 Å². The van der Waals surface area contributed by atoms with Gasteiger partial charge >= 0.3 is 0 Å². The molecule has 0 saturated carbocycles. The summed E-state index contributed by atoms with van der Waals surface area (Å²) in [5.74, 6) is 0.208. The van der Waals surface area contributed by atoms with E-state index in [1.165, 1.54) is 5.56 Å². The molecule has 1 aromatic carbocycles. The van der Waals surface area contributed by atoms with Crippen LogP contribution in [0.2, 0.25) is 0 Å². The van der Waals surface area contributed by atoms with Crippen molar-refractivity contribution in [3.05, 3.63) is 65.5 Å². The Morgan fingerprint density at radius 2 is 1.92 bits per heavy atom. The molecular formula is C20H25N3O. The summed E-state index contributed by atoms with van der Waals surface area (Å²) >= 11 is 0. The summed E-state index contributed by atoms with van der Waals surface area (Å²) < 4.78 is 0. The van der Waals surface area contributed by atoms with Crippen LogP contribution >= 0.6 is 0 Å². The zero-order valence-electron chi connectivity index (χ0n) is 14.4. The summed E-state index contributed by atoms with van der Waals surface area (Å²) in [6.07, 6.45) is 3.76. The number of nitrogens with zero attached hydrogens (tertiary/aromatic N) is 2. The molecule has 1 fully saturated rings. The van der Waals surface area contributed by atoms with Crippen LogP contribution in [0.25, 0.3) is 0 Å². The molecule has 0 aliphatic carbocycles. The molecule has 24 heavy (non-hydrogen) atoms. The Kier molecular flexibility index (Phi) is 4.95. The number of hydrogen-bond acceptors (Lipinski definition) is 3. The van der Waals surface area contributed by atoms with Crippen molar-refractivity contribution in [3.8, 4) is 0 Å². The smallest absolute Gasteiger partial charge is 0.234 e. The summed E-state index contributed by atoms with van der Waals surface area (Å²) in [5.41, 5.74) is 8.99. The molecule has 4 nitrogen and oxygen atoms in total. The van der Waals surface area contributed by atoms with Gasteiger partial charge in [0, 0.05) is 6.20 Å². The minimum Gasteiger partial charge on any atom is -0.368 e. The van der Waals surface area contributed by atoms with Crippen LogP contribution in [0.5, 0.6) is 0 Å². The van der Waals surface area contributed by atoms with E-state index in [0.29, 0.717) is 5.92 Å². The predicted molar refractivity (Wildman–Crippen MR) is 95.5 cm³/mol. The van der Waals surface area contributed by atoms with E-state index in [1.54, 1.807) is 0 Å². The molecule has 1 amide bonds. The predicted octanol–water partition coefficient (Wildman–Crippen LogP) is 3.24. The molecule has 1 aliphatic rings. The van der Waals surface area contributed by atoms with Crippen molar-refractivity contribution in [2.24, 2.45) is 5.73 Å². The first-order valence-corrected chi connectivity index (χ1v) is 8.63. The van der Waals surface area contributed by atoms with E-state index in [1.807, 2.05) is 24.4 Å². The van der Waals surface area contributed by atoms with Gasteiger partial charge in [-0.25, -0.2) is 0 Å². The van der Waals surface area contributed by atoms with E-state index >= 15 is 0 Å². The molecule has 4 heteroatoms. The van der Waals surface area contributed by atoms with Crippen LogP contribution in [-0.4, -0.2) is 28.4 Å². The Hall–Kier alpha value is -2.20. The van der Waals surface area contributed by atoms with Gasteiger partial charge in [-0.05, 0) is 42.5 Å². The maximum atomic E-state index is 11.9. The van der Waals surface area contributed by atoms with Gasteiger partial charge in [0.25, 0.3) is 0 Å². The number of likely N-dealkylation sites (tertiary alicyclic amines) is 1. The van der Waals surface area contributed by atoms with E-state index in [0.717, 1.165) is 30.6 Å². The van der Waals surface area contributed by atoms with Gasteiger partial charge in [0.1, 0.15) is 0 Å². The van der Waals surface area contributed by atoms with E-state index < -0.39 is 0 Å². The number of amides is 1. The summed E-state index contributed by atoms with van der Waals surface area (Å²) in [7, 11) is 0. The molecule has 1 aromatic heterocycles. The monoisotopic (exact) mass is 323 g/mol. The van der Waals surface area contributed by atoms with Gasteiger partial charge < -0.3 is 5.73 Å². The van der Waals surface area contributed by atoms with Crippen LogP contribution in [0.15, 0.2) is 48.7 Å². The highest BCUT2D eigenvalue weighted by atomic mass is 16.1.